The van der Waals surface area contributed by atoms with Crippen LogP contribution in [0.5, 0.6) is 0 Å². The van der Waals surface area contributed by atoms with Crippen molar-refractivity contribution in [3.05, 3.63) is 12.3 Å². The highest BCUT2D eigenvalue weighted by molar-refractivity contribution is 4.96. The van der Waals surface area contributed by atoms with E-state index in [-0.39, 0.29) is 0 Å². The Balaban J connectivity index is 2.06. The van der Waals surface area contributed by atoms with E-state index in [4.69, 9.17) is 11.5 Å². The second kappa shape index (κ2) is 9.40. The van der Waals surface area contributed by atoms with Crippen molar-refractivity contribution < 1.29 is 0 Å². The van der Waals surface area contributed by atoms with Gasteiger partial charge in [-0.1, -0.05) is 32.3 Å². The van der Waals surface area contributed by atoms with Crippen molar-refractivity contribution >= 4 is 0 Å². The molecule has 3 nitrogen and oxygen atoms in total. The van der Waals surface area contributed by atoms with Crippen LogP contribution in [0.25, 0.3) is 0 Å². The number of likely N-dealkylation sites (tertiary alicyclic amines) is 1. The predicted octanol–water partition coefficient (Wildman–Crippen LogP) is 2.47. The van der Waals surface area contributed by atoms with E-state index in [1.165, 1.54) is 63.7 Å². The molecule has 0 aromatic rings. The van der Waals surface area contributed by atoms with Crippen molar-refractivity contribution in [1.82, 2.24) is 4.90 Å². The molecule has 1 rings (SSSR count). The van der Waals surface area contributed by atoms with Crippen LogP contribution in [0.1, 0.15) is 51.4 Å². The van der Waals surface area contributed by atoms with Gasteiger partial charge in [0, 0.05) is 18.8 Å². The largest absolute Gasteiger partial charge is 0.375 e. The van der Waals surface area contributed by atoms with Gasteiger partial charge in [-0.05, 0) is 44.7 Å². The van der Waals surface area contributed by atoms with Gasteiger partial charge in [0.2, 0.25) is 0 Å². The molecule has 4 N–H and O–H groups in total. The Hall–Kier alpha value is -0.540. The summed E-state index contributed by atoms with van der Waals surface area (Å²) in [5, 5.41) is 0. The quantitative estimate of drug-likeness (QED) is 0.621. The molecule has 0 bridgehead atoms. The fraction of sp³-hybridized carbons (Fsp3) is 0.867. The summed E-state index contributed by atoms with van der Waals surface area (Å²) < 4.78 is 0. The number of hydrogen-bond donors (Lipinski definition) is 2. The standard InChI is InChI=1S/C15H31N3/c1-14(7-11-17)18-12-8-15(9-13-18)6-4-2-3-5-10-16/h15H,1-13,16-17H2. The minimum absolute atomic E-state index is 0.722. The highest BCUT2D eigenvalue weighted by atomic mass is 15.1. The molecule has 1 fully saturated rings. The number of nitrogens with two attached hydrogens (primary N) is 2. The number of hydrogen-bond acceptors (Lipinski definition) is 3. The summed E-state index contributed by atoms with van der Waals surface area (Å²) in [5.41, 5.74) is 12.3. The van der Waals surface area contributed by atoms with E-state index in [2.05, 4.69) is 11.5 Å². The van der Waals surface area contributed by atoms with Crippen LogP contribution in [0.3, 0.4) is 0 Å². The highest BCUT2D eigenvalue weighted by Crippen LogP contribution is 2.25. The van der Waals surface area contributed by atoms with E-state index >= 15 is 0 Å². The first-order chi connectivity index (χ1) is 8.77. The molecule has 0 spiro atoms. The molecule has 0 aromatic heterocycles. The molecule has 0 amide bonds. The van der Waals surface area contributed by atoms with Crippen LogP contribution >= 0.6 is 0 Å². The maximum absolute atomic E-state index is 5.57. The zero-order valence-corrected chi connectivity index (χ0v) is 11.9. The Morgan fingerprint density at radius 2 is 1.67 bits per heavy atom. The number of rotatable bonds is 9. The van der Waals surface area contributed by atoms with Gasteiger partial charge in [-0.25, -0.2) is 0 Å². The number of unbranched alkanes of at least 4 members (excludes halogenated alkanes) is 3. The van der Waals surface area contributed by atoms with Crippen LogP contribution in [-0.2, 0) is 0 Å². The average Bonchev–Trinajstić information content (AvgIpc) is 2.39. The van der Waals surface area contributed by atoms with E-state index in [0.29, 0.717) is 0 Å². The average molecular weight is 253 g/mol. The summed E-state index contributed by atoms with van der Waals surface area (Å²) in [7, 11) is 0. The monoisotopic (exact) mass is 253 g/mol. The van der Waals surface area contributed by atoms with E-state index in [1.807, 2.05) is 0 Å². The third-order valence-corrected chi connectivity index (χ3v) is 4.06. The lowest BCUT2D eigenvalue weighted by atomic mass is 9.91. The molecule has 0 unspecified atom stereocenters. The predicted molar refractivity (Wildman–Crippen MR) is 79.2 cm³/mol. The van der Waals surface area contributed by atoms with Crippen LogP contribution in [-0.4, -0.2) is 31.1 Å². The van der Waals surface area contributed by atoms with Crippen molar-refractivity contribution in [2.24, 2.45) is 17.4 Å². The summed E-state index contributed by atoms with van der Waals surface area (Å²) in [6.07, 6.45) is 10.3. The molecule has 18 heavy (non-hydrogen) atoms. The molecule has 3 heteroatoms. The van der Waals surface area contributed by atoms with E-state index in [1.54, 1.807) is 0 Å². The normalized spacial score (nSPS) is 17.1. The Bertz CT molecular complexity index is 220. The lowest BCUT2D eigenvalue weighted by Crippen LogP contribution is -2.33. The van der Waals surface area contributed by atoms with Crippen LogP contribution in [0.2, 0.25) is 0 Å². The summed E-state index contributed by atoms with van der Waals surface area (Å²) in [6.45, 7) is 8.07. The van der Waals surface area contributed by atoms with E-state index < -0.39 is 0 Å². The summed E-state index contributed by atoms with van der Waals surface area (Å²) in [5.74, 6) is 0.935. The van der Waals surface area contributed by atoms with Gasteiger partial charge < -0.3 is 16.4 Å². The lowest BCUT2D eigenvalue weighted by Gasteiger charge is -2.34. The number of nitrogens with zero attached hydrogens (tertiary/aromatic N) is 1. The Kier molecular flexibility index (Phi) is 8.10. The van der Waals surface area contributed by atoms with Crippen LogP contribution in [0.4, 0.5) is 0 Å². The summed E-state index contributed by atoms with van der Waals surface area (Å²) in [4.78, 5) is 2.43. The van der Waals surface area contributed by atoms with Gasteiger partial charge in [0.1, 0.15) is 0 Å². The molecule has 0 radical (unpaired) electrons. The van der Waals surface area contributed by atoms with Gasteiger partial charge in [-0.15, -0.1) is 0 Å². The molecular weight excluding hydrogens is 222 g/mol. The maximum atomic E-state index is 5.57. The van der Waals surface area contributed by atoms with Crippen LogP contribution < -0.4 is 11.5 Å². The minimum Gasteiger partial charge on any atom is -0.375 e. The van der Waals surface area contributed by atoms with E-state index in [9.17, 15) is 0 Å². The van der Waals surface area contributed by atoms with Crippen molar-refractivity contribution in [2.45, 2.75) is 51.4 Å². The molecule has 1 heterocycles. The maximum Gasteiger partial charge on any atom is 0.0177 e. The lowest BCUT2D eigenvalue weighted by molar-refractivity contribution is 0.212. The van der Waals surface area contributed by atoms with Gasteiger partial charge >= 0.3 is 0 Å². The first kappa shape index (κ1) is 15.5. The Morgan fingerprint density at radius 1 is 1.00 bits per heavy atom. The van der Waals surface area contributed by atoms with E-state index in [0.717, 1.165) is 25.4 Å². The third-order valence-electron chi connectivity index (χ3n) is 4.06. The fourth-order valence-electron chi connectivity index (χ4n) is 2.79. The number of piperidine rings is 1. The second-order valence-corrected chi connectivity index (χ2v) is 5.53. The van der Waals surface area contributed by atoms with Crippen molar-refractivity contribution in [3.63, 3.8) is 0 Å². The van der Waals surface area contributed by atoms with Crippen LogP contribution in [0, 0.1) is 5.92 Å². The zero-order chi connectivity index (χ0) is 13.2. The van der Waals surface area contributed by atoms with Gasteiger partial charge in [-0.2, -0.15) is 0 Å². The smallest absolute Gasteiger partial charge is 0.0177 e. The molecule has 1 saturated heterocycles. The van der Waals surface area contributed by atoms with Crippen molar-refractivity contribution in [1.29, 1.82) is 0 Å². The van der Waals surface area contributed by atoms with Crippen LogP contribution in [0.15, 0.2) is 12.3 Å². The molecular formula is C15H31N3. The first-order valence-electron chi connectivity index (χ1n) is 7.60. The second-order valence-electron chi connectivity index (χ2n) is 5.53. The van der Waals surface area contributed by atoms with Crippen molar-refractivity contribution in [3.8, 4) is 0 Å². The SMILES string of the molecule is C=C(CCN)N1CCC(CCCCCCN)CC1. The molecule has 1 aliphatic heterocycles. The van der Waals surface area contributed by atoms with Gasteiger partial charge in [-0.3, -0.25) is 0 Å². The zero-order valence-electron chi connectivity index (χ0n) is 11.9. The van der Waals surface area contributed by atoms with Crippen molar-refractivity contribution in [2.75, 3.05) is 26.2 Å². The molecule has 1 aliphatic rings. The minimum atomic E-state index is 0.722. The molecule has 0 saturated carbocycles. The molecule has 106 valence electrons. The highest BCUT2D eigenvalue weighted by Gasteiger charge is 2.19. The molecule has 0 atom stereocenters. The Labute approximate surface area is 113 Å². The Morgan fingerprint density at radius 3 is 2.28 bits per heavy atom. The fourth-order valence-corrected chi connectivity index (χ4v) is 2.79. The summed E-state index contributed by atoms with van der Waals surface area (Å²) in [6, 6.07) is 0. The first-order valence-corrected chi connectivity index (χ1v) is 7.60. The third kappa shape index (κ3) is 5.87. The van der Waals surface area contributed by atoms with Gasteiger partial charge in [0.15, 0.2) is 0 Å². The molecule has 0 aliphatic carbocycles. The molecule has 0 aromatic carbocycles. The topological polar surface area (TPSA) is 55.3 Å². The van der Waals surface area contributed by atoms with Gasteiger partial charge in [0.25, 0.3) is 0 Å². The summed E-state index contributed by atoms with van der Waals surface area (Å²) >= 11 is 0. The van der Waals surface area contributed by atoms with Gasteiger partial charge in [0.05, 0.1) is 0 Å².